The molecule has 2 aliphatic rings. The van der Waals surface area contributed by atoms with Crippen LogP contribution in [0, 0.1) is 0 Å². The fourth-order valence-electron chi connectivity index (χ4n) is 4.62. The van der Waals surface area contributed by atoms with E-state index in [0.717, 1.165) is 43.4 Å². The van der Waals surface area contributed by atoms with E-state index < -0.39 is 0 Å². The number of benzene rings is 1. The normalized spacial score (nSPS) is 16.8. The summed E-state index contributed by atoms with van der Waals surface area (Å²) in [6.07, 6.45) is 3.33. The van der Waals surface area contributed by atoms with Crippen LogP contribution in [0.3, 0.4) is 0 Å². The fourth-order valence-corrected chi connectivity index (χ4v) is 4.62. The molecule has 200 valence electrons. The average molecular weight is 513 g/mol. The van der Waals surface area contributed by atoms with Crippen LogP contribution in [0.2, 0.25) is 0 Å². The van der Waals surface area contributed by atoms with Crippen LogP contribution in [-0.2, 0) is 4.79 Å². The van der Waals surface area contributed by atoms with Gasteiger partial charge in [-0.05, 0) is 35.9 Å². The molecule has 2 aliphatic heterocycles. The second-order valence-corrected chi connectivity index (χ2v) is 8.91. The van der Waals surface area contributed by atoms with E-state index in [2.05, 4.69) is 24.9 Å². The highest BCUT2D eigenvalue weighted by Gasteiger charge is 2.22. The van der Waals surface area contributed by atoms with E-state index in [4.69, 9.17) is 19.3 Å². The number of piperazine rings is 2. The number of β-amino-alcohol motifs (C(OH)–C–C–N with tert-alkyl or cyclic N) is 1. The summed E-state index contributed by atoms with van der Waals surface area (Å²) in [7, 11) is 4.68. The van der Waals surface area contributed by atoms with Crippen LogP contribution in [0.25, 0.3) is 6.08 Å². The molecule has 2 saturated heterocycles. The van der Waals surface area contributed by atoms with Crippen molar-refractivity contribution in [3.63, 3.8) is 0 Å². The van der Waals surface area contributed by atoms with Gasteiger partial charge in [0.1, 0.15) is 0 Å². The van der Waals surface area contributed by atoms with Crippen LogP contribution in [0.4, 0.5) is 11.6 Å². The molecule has 2 aromatic rings. The Hall–Kier alpha value is -3.57. The molecule has 0 aliphatic carbocycles. The quantitative estimate of drug-likeness (QED) is 0.489. The van der Waals surface area contributed by atoms with Crippen molar-refractivity contribution in [2.24, 2.45) is 0 Å². The van der Waals surface area contributed by atoms with Gasteiger partial charge in [-0.1, -0.05) is 0 Å². The number of aliphatic hydroxyl groups excluding tert-OH is 1. The molecule has 3 heterocycles. The number of amides is 1. The molecule has 11 nitrogen and oxygen atoms in total. The molecule has 0 atom stereocenters. The van der Waals surface area contributed by atoms with E-state index in [9.17, 15) is 4.79 Å². The number of hydrogen-bond donors (Lipinski definition) is 1. The first kappa shape index (κ1) is 26.5. The van der Waals surface area contributed by atoms with Crippen molar-refractivity contribution in [1.82, 2.24) is 20.0 Å². The van der Waals surface area contributed by atoms with E-state index in [1.807, 2.05) is 17.0 Å². The second-order valence-electron chi connectivity index (χ2n) is 8.91. The summed E-state index contributed by atoms with van der Waals surface area (Å²) >= 11 is 0. The van der Waals surface area contributed by atoms with E-state index in [1.54, 1.807) is 45.6 Å². The van der Waals surface area contributed by atoms with Gasteiger partial charge in [-0.25, -0.2) is 0 Å². The monoisotopic (exact) mass is 512 g/mol. The number of aliphatic hydroxyl groups is 1. The van der Waals surface area contributed by atoms with Gasteiger partial charge in [-0.2, -0.15) is 0 Å². The summed E-state index contributed by atoms with van der Waals surface area (Å²) in [4.78, 5) is 21.3. The Balaban J connectivity index is 1.30. The molecule has 4 rings (SSSR count). The number of carbonyl (C=O) groups excluding carboxylic acids is 1. The van der Waals surface area contributed by atoms with E-state index in [0.29, 0.717) is 50.0 Å². The van der Waals surface area contributed by atoms with E-state index in [1.165, 1.54) is 0 Å². The minimum atomic E-state index is -0.0461. The van der Waals surface area contributed by atoms with Gasteiger partial charge in [0.2, 0.25) is 11.7 Å². The Kier molecular flexibility index (Phi) is 9.02. The van der Waals surface area contributed by atoms with E-state index in [-0.39, 0.29) is 12.5 Å². The lowest BCUT2D eigenvalue weighted by Crippen LogP contribution is -2.49. The molecular formula is C26H36N6O5. The SMILES string of the molecule is COc1cc(/C=C/C(=O)N2CCN(c3ccc(N4CCN(CCO)CC4)nn3)CC2)cc(OC)c1OC. The van der Waals surface area contributed by atoms with Gasteiger partial charge in [0.05, 0.1) is 27.9 Å². The Labute approximate surface area is 217 Å². The van der Waals surface area contributed by atoms with Gasteiger partial charge in [0.25, 0.3) is 0 Å². The third-order valence-corrected chi connectivity index (χ3v) is 6.77. The maximum absolute atomic E-state index is 12.8. The first-order chi connectivity index (χ1) is 18.1. The lowest BCUT2D eigenvalue weighted by Gasteiger charge is -2.36. The van der Waals surface area contributed by atoms with Crippen LogP contribution in [0.1, 0.15) is 5.56 Å². The van der Waals surface area contributed by atoms with Crippen molar-refractivity contribution in [2.45, 2.75) is 0 Å². The summed E-state index contributed by atoms with van der Waals surface area (Å²) in [6, 6.07) is 7.63. The number of methoxy groups -OCH3 is 3. The zero-order chi connectivity index (χ0) is 26.2. The number of rotatable bonds is 9. The molecule has 0 saturated carbocycles. The van der Waals surface area contributed by atoms with Crippen molar-refractivity contribution >= 4 is 23.6 Å². The van der Waals surface area contributed by atoms with Crippen molar-refractivity contribution in [2.75, 3.05) is 96.6 Å². The summed E-state index contributed by atoms with van der Waals surface area (Å²) in [5.74, 6) is 3.25. The Morgan fingerprint density at radius 3 is 1.86 bits per heavy atom. The highest BCUT2D eigenvalue weighted by atomic mass is 16.5. The van der Waals surface area contributed by atoms with Gasteiger partial charge in [0, 0.05) is 65.0 Å². The molecule has 2 fully saturated rings. The summed E-state index contributed by atoms with van der Waals surface area (Å²) in [6.45, 7) is 7.07. The topological polar surface area (TPSA) is 104 Å². The summed E-state index contributed by atoms with van der Waals surface area (Å²) in [5, 5.41) is 18.0. The second kappa shape index (κ2) is 12.6. The van der Waals surface area contributed by atoms with Gasteiger partial charge < -0.3 is 34.0 Å². The third-order valence-electron chi connectivity index (χ3n) is 6.77. The Morgan fingerprint density at radius 2 is 1.41 bits per heavy atom. The Morgan fingerprint density at radius 1 is 0.865 bits per heavy atom. The summed E-state index contributed by atoms with van der Waals surface area (Å²) < 4.78 is 16.1. The largest absolute Gasteiger partial charge is 0.493 e. The first-order valence-electron chi connectivity index (χ1n) is 12.5. The van der Waals surface area contributed by atoms with Crippen LogP contribution in [0.5, 0.6) is 17.2 Å². The predicted molar refractivity (Wildman–Crippen MR) is 142 cm³/mol. The van der Waals surface area contributed by atoms with Crippen LogP contribution < -0.4 is 24.0 Å². The van der Waals surface area contributed by atoms with Gasteiger partial charge >= 0.3 is 0 Å². The first-order valence-corrected chi connectivity index (χ1v) is 12.5. The molecular weight excluding hydrogens is 476 g/mol. The zero-order valence-corrected chi connectivity index (χ0v) is 21.8. The van der Waals surface area contributed by atoms with Crippen molar-refractivity contribution < 1.29 is 24.1 Å². The van der Waals surface area contributed by atoms with E-state index >= 15 is 0 Å². The predicted octanol–water partition coefficient (Wildman–Crippen LogP) is 0.979. The number of carbonyl (C=O) groups is 1. The molecule has 37 heavy (non-hydrogen) atoms. The number of anilines is 2. The minimum Gasteiger partial charge on any atom is -0.493 e. The third kappa shape index (κ3) is 6.41. The molecule has 11 heteroatoms. The average Bonchev–Trinajstić information content (AvgIpc) is 2.96. The molecule has 1 aromatic heterocycles. The lowest BCUT2D eigenvalue weighted by atomic mass is 10.1. The van der Waals surface area contributed by atoms with Crippen LogP contribution in [-0.4, -0.2) is 118 Å². The van der Waals surface area contributed by atoms with Gasteiger partial charge in [0.15, 0.2) is 23.1 Å². The van der Waals surface area contributed by atoms with Crippen LogP contribution >= 0.6 is 0 Å². The van der Waals surface area contributed by atoms with Crippen LogP contribution in [0.15, 0.2) is 30.3 Å². The maximum atomic E-state index is 12.8. The molecule has 0 spiro atoms. The minimum absolute atomic E-state index is 0.0461. The molecule has 1 aromatic carbocycles. The molecule has 0 radical (unpaired) electrons. The molecule has 1 N–H and O–H groups in total. The summed E-state index contributed by atoms with van der Waals surface area (Å²) in [5.41, 5.74) is 0.784. The van der Waals surface area contributed by atoms with Crippen molar-refractivity contribution in [3.8, 4) is 17.2 Å². The zero-order valence-electron chi connectivity index (χ0n) is 21.8. The lowest BCUT2D eigenvalue weighted by molar-refractivity contribution is -0.126. The molecule has 0 unspecified atom stereocenters. The Bertz CT molecular complexity index is 1040. The molecule has 1 amide bonds. The highest BCUT2D eigenvalue weighted by molar-refractivity contribution is 5.92. The smallest absolute Gasteiger partial charge is 0.246 e. The maximum Gasteiger partial charge on any atom is 0.246 e. The standard InChI is InChI=1S/C26H36N6O5/c1-35-21-18-20(19-22(36-2)26(21)37-3)4-7-25(34)32-14-12-31(13-15-32)24-6-5-23(27-28-24)30-10-8-29(9-11-30)16-17-33/h4-7,18-19,33H,8-17H2,1-3H3/b7-4+. The van der Waals surface area contributed by atoms with Gasteiger partial charge in [-0.15, -0.1) is 10.2 Å². The highest BCUT2D eigenvalue weighted by Crippen LogP contribution is 2.38. The van der Waals surface area contributed by atoms with Crippen molar-refractivity contribution in [3.05, 3.63) is 35.9 Å². The van der Waals surface area contributed by atoms with Gasteiger partial charge in [-0.3, -0.25) is 9.69 Å². The number of hydrogen-bond acceptors (Lipinski definition) is 10. The fraction of sp³-hybridized carbons (Fsp3) is 0.500. The number of nitrogens with zero attached hydrogens (tertiary/aromatic N) is 6. The molecule has 0 bridgehead atoms. The number of aromatic nitrogens is 2. The number of ether oxygens (including phenoxy) is 3. The van der Waals surface area contributed by atoms with Crippen molar-refractivity contribution in [1.29, 1.82) is 0 Å².